The summed E-state index contributed by atoms with van der Waals surface area (Å²) in [4.78, 5) is 13.4. The van der Waals surface area contributed by atoms with Crippen LogP contribution in [0.2, 0.25) is 0 Å². The second-order valence-electron chi connectivity index (χ2n) is 4.78. The molecule has 1 aliphatic carbocycles. The van der Waals surface area contributed by atoms with Gasteiger partial charge in [0.25, 0.3) is 0 Å². The first-order valence-corrected chi connectivity index (χ1v) is 6.07. The third kappa shape index (κ3) is 2.56. The molecule has 0 heterocycles. The molecule has 0 saturated heterocycles. The van der Waals surface area contributed by atoms with Gasteiger partial charge in [-0.2, -0.15) is 0 Å². The van der Waals surface area contributed by atoms with Gasteiger partial charge in [0.2, 0.25) is 0 Å². The van der Waals surface area contributed by atoms with Crippen molar-refractivity contribution >= 4 is 11.7 Å². The topological polar surface area (TPSA) is 78.6 Å². The molecule has 1 fully saturated rings. The number of aliphatic hydroxyl groups excluding tert-OH is 1. The molecule has 0 spiro atoms. The van der Waals surface area contributed by atoms with Gasteiger partial charge in [0.15, 0.2) is 0 Å². The summed E-state index contributed by atoms with van der Waals surface area (Å²) in [6, 6.07) is 7.45. The maximum atomic E-state index is 11.9. The summed E-state index contributed by atoms with van der Waals surface area (Å²) in [5.41, 5.74) is 7.25. The summed E-state index contributed by atoms with van der Waals surface area (Å²) >= 11 is 0. The molecule has 1 aromatic rings. The Kier molecular flexibility index (Phi) is 3.43. The largest absolute Gasteiger partial charge is 0.399 e. The van der Waals surface area contributed by atoms with Crippen LogP contribution in [-0.2, 0) is 5.54 Å². The Bertz CT molecular complexity index is 444. The highest BCUT2D eigenvalue weighted by molar-refractivity contribution is 5.75. The van der Waals surface area contributed by atoms with Gasteiger partial charge in [0.05, 0.1) is 12.1 Å². The molecule has 1 aliphatic rings. The lowest BCUT2D eigenvalue weighted by Gasteiger charge is -2.23. The van der Waals surface area contributed by atoms with Gasteiger partial charge in [-0.1, -0.05) is 12.1 Å². The van der Waals surface area contributed by atoms with E-state index >= 15 is 0 Å². The van der Waals surface area contributed by atoms with E-state index in [2.05, 4.69) is 5.32 Å². The number of carbonyl (C=O) groups excluding carboxylic acids is 1. The highest BCUT2D eigenvalue weighted by atomic mass is 16.3. The molecule has 0 aromatic heterocycles. The maximum absolute atomic E-state index is 11.9. The molecule has 0 radical (unpaired) electrons. The van der Waals surface area contributed by atoms with Gasteiger partial charge in [0, 0.05) is 19.3 Å². The fourth-order valence-corrected chi connectivity index (χ4v) is 2.00. The number of nitrogen functional groups attached to an aromatic ring is 1. The van der Waals surface area contributed by atoms with E-state index in [9.17, 15) is 4.79 Å². The van der Waals surface area contributed by atoms with E-state index in [0.29, 0.717) is 12.2 Å². The smallest absolute Gasteiger partial charge is 0.317 e. The number of hydrogen-bond donors (Lipinski definition) is 3. The number of aliphatic hydroxyl groups is 1. The first-order valence-electron chi connectivity index (χ1n) is 6.07. The number of rotatable bonds is 4. The molecule has 18 heavy (non-hydrogen) atoms. The Hall–Kier alpha value is -1.75. The Balaban J connectivity index is 2.07. The van der Waals surface area contributed by atoms with Crippen molar-refractivity contribution < 1.29 is 9.90 Å². The van der Waals surface area contributed by atoms with Crippen LogP contribution in [-0.4, -0.2) is 36.2 Å². The van der Waals surface area contributed by atoms with E-state index in [4.69, 9.17) is 10.8 Å². The van der Waals surface area contributed by atoms with Gasteiger partial charge >= 0.3 is 6.03 Å². The zero-order valence-electron chi connectivity index (χ0n) is 10.5. The first kappa shape index (κ1) is 12.7. The number of hydrogen-bond acceptors (Lipinski definition) is 3. The zero-order chi connectivity index (χ0) is 13.2. The van der Waals surface area contributed by atoms with Crippen LogP contribution < -0.4 is 11.1 Å². The Morgan fingerprint density at radius 1 is 1.56 bits per heavy atom. The molecule has 0 bridgehead atoms. The molecule has 0 aliphatic heterocycles. The highest BCUT2D eigenvalue weighted by Crippen LogP contribution is 2.45. The van der Waals surface area contributed by atoms with Crippen molar-refractivity contribution in [2.24, 2.45) is 0 Å². The van der Waals surface area contributed by atoms with Crippen molar-refractivity contribution in [3.8, 4) is 0 Å². The summed E-state index contributed by atoms with van der Waals surface area (Å²) in [6.45, 7) is 0.300. The van der Waals surface area contributed by atoms with E-state index in [0.717, 1.165) is 18.4 Å². The molecule has 0 unspecified atom stereocenters. The number of likely N-dealkylation sites (N-methyl/N-ethyl adjacent to an activating group) is 1. The standard InChI is InChI=1S/C13H19N3O2/c1-16(7-8-17)12(18)15-13(5-6-13)10-3-2-4-11(14)9-10/h2-4,9,17H,5-8,14H2,1H3,(H,15,18). The molecule has 0 atom stereocenters. The van der Waals surface area contributed by atoms with Crippen LogP contribution in [0.15, 0.2) is 24.3 Å². The van der Waals surface area contributed by atoms with Gasteiger partial charge in [-0.15, -0.1) is 0 Å². The van der Waals surface area contributed by atoms with Gasteiger partial charge in [-0.05, 0) is 30.5 Å². The lowest BCUT2D eigenvalue weighted by atomic mass is 10.0. The number of benzene rings is 1. The van der Waals surface area contributed by atoms with Gasteiger partial charge in [-0.25, -0.2) is 4.79 Å². The van der Waals surface area contributed by atoms with Crippen molar-refractivity contribution in [2.45, 2.75) is 18.4 Å². The quantitative estimate of drug-likeness (QED) is 0.693. The molecular weight excluding hydrogens is 230 g/mol. The van der Waals surface area contributed by atoms with Crippen LogP contribution in [0, 0.1) is 0 Å². The van der Waals surface area contributed by atoms with Gasteiger partial charge in [0.1, 0.15) is 0 Å². The van der Waals surface area contributed by atoms with E-state index < -0.39 is 0 Å². The van der Waals surface area contributed by atoms with E-state index in [1.807, 2.05) is 24.3 Å². The summed E-state index contributed by atoms with van der Waals surface area (Å²) in [5.74, 6) is 0. The predicted molar refractivity (Wildman–Crippen MR) is 70.0 cm³/mol. The minimum Gasteiger partial charge on any atom is -0.399 e. The van der Waals surface area contributed by atoms with Gasteiger partial charge in [-0.3, -0.25) is 0 Å². The van der Waals surface area contributed by atoms with E-state index in [-0.39, 0.29) is 18.2 Å². The fourth-order valence-electron chi connectivity index (χ4n) is 2.00. The van der Waals surface area contributed by atoms with Crippen LogP contribution in [0.25, 0.3) is 0 Å². The first-order chi connectivity index (χ1) is 8.57. The van der Waals surface area contributed by atoms with Crippen LogP contribution in [0.5, 0.6) is 0 Å². The van der Waals surface area contributed by atoms with Crippen molar-refractivity contribution in [1.29, 1.82) is 0 Å². The third-order valence-corrected chi connectivity index (χ3v) is 3.32. The fraction of sp³-hybridized carbons (Fsp3) is 0.462. The number of nitrogens with one attached hydrogen (secondary N) is 1. The van der Waals surface area contributed by atoms with Crippen molar-refractivity contribution in [3.63, 3.8) is 0 Å². The SMILES string of the molecule is CN(CCO)C(=O)NC1(c2cccc(N)c2)CC1. The molecule has 98 valence electrons. The summed E-state index contributed by atoms with van der Waals surface area (Å²) in [5, 5.41) is 11.8. The van der Waals surface area contributed by atoms with Crippen molar-refractivity contribution in [3.05, 3.63) is 29.8 Å². The Labute approximate surface area is 107 Å². The molecule has 4 N–H and O–H groups in total. The number of carbonyl (C=O) groups is 1. The molecule has 5 heteroatoms. The lowest BCUT2D eigenvalue weighted by Crippen LogP contribution is -2.44. The molecule has 1 aromatic carbocycles. The van der Waals surface area contributed by atoms with Crippen molar-refractivity contribution in [2.75, 3.05) is 25.9 Å². The number of nitrogens with zero attached hydrogens (tertiary/aromatic N) is 1. The molecular formula is C13H19N3O2. The number of nitrogens with two attached hydrogens (primary N) is 1. The zero-order valence-corrected chi connectivity index (χ0v) is 10.5. The van der Waals surface area contributed by atoms with Crippen LogP contribution in [0.3, 0.4) is 0 Å². The molecule has 2 amide bonds. The molecule has 1 saturated carbocycles. The number of urea groups is 1. The average molecular weight is 249 g/mol. The normalized spacial score (nSPS) is 16.1. The van der Waals surface area contributed by atoms with Crippen LogP contribution >= 0.6 is 0 Å². The summed E-state index contributed by atoms with van der Waals surface area (Å²) < 4.78 is 0. The third-order valence-electron chi connectivity index (χ3n) is 3.32. The minimum absolute atomic E-state index is 0.0325. The second-order valence-corrected chi connectivity index (χ2v) is 4.78. The summed E-state index contributed by atoms with van der Waals surface area (Å²) in [6.07, 6.45) is 1.85. The van der Waals surface area contributed by atoms with Crippen molar-refractivity contribution in [1.82, 2.24) is 10.2 Å². The van der Waals surface area contributed by atoms with Gasteiger partial charge < -0.3 is 21.1 Å². The predicted octanol–water partition coefficient (Wildman–Crippen LogP) is 0.892. The highest BCUT2D eigenvalue weighted by Gasteiger charge is 2.46. The number of anilines is 1. The molecule has 5 nitrogen and oxygen atoms in total. The van der Waals surface area contributed by atoms with Crippen LogP contribution in [0.1, 0.15) is 18.4 Å². The average Bonchev–Trinajstić information content (AvgIpc) is 3.10. The van der Waals surface area contributed by atoms with E-state index in [1.165, 1.54) is 4.90 Å². The van der Waals surface area contributed by atoms with E-state index in [1.54, 1.807) is 7.05 Å². The van der Waals surface area contributed by atoms with Crippen LogP contribution in [0.4, 0.5) is 10.5 Å². The Morgan fingerprint density at radius 2 is 2.28 bits per heavy atom. The number of amides is 2. The minimum atomic E-state index is -0.268. The molecule has 2 rings (SSSR count). The summed E-state index contributed by atoms with van der Waals surface area (Å²) in [7, 11) is 1.67. The lowest BCUT2D eigenvalue weighted by molar-refractivity contribution is 0.186. The monoisotopic (exact) mass is 249 g/mol. The Morgan fingerprint density at radius 3 is 2.83 bits per heavy atom. The maximum Gasteiger partial charge on any atom is 0.317 e. The second kappa shape index (κ2) is 4.86.